The molecular formula is C24H22F2N2O6. The Balaban J connectivity index is 1.55. The van der Waals surface area contributed by atoms with Crippen molar-refractivity contribution in [3.8, 4) is 5.75 Å². The Bertz CT molecular complexity index is 1250. The van der Waals surface area contributed by atoms with Crippen LogP contribution in [-0.2, 0) is 16.0 Å². The lowest BCUT2D eigenvalue weighted by Gasteiger charge is -2.36. The molecule has 2 aromatic heterocycles. The standard InChI is InChI=1S/C24H22F2N2O6/c1-32-17-11-15-13-34-21(20(29)23(31)33-2)18(15)27-19(17)22(30)28-9-7-24(26,8-10-28)12-14-3-5-16(25)6-4-14/h3-6,11,13H,7-10,12H2,1-2H3. The predicted molar refractivity (Wildman–Crippen MR) is 116 cm³/mol. The first-order chi connectivity index (χ1) is 16.2. The van der Waals surface area contributed by atoms with Gasteiger partial charge in [0.25, 0.3) is 5.91 Å². The molecule has 178 valence electrons. The van der Waals surface area contributed by atoms with Crippen molar-refractivity contribution < 1.29 is 37.1 Å². The number of ketones is 1. The highest BCUT2D eigenvalue weighted by atomic mass is 19.1. The normalized spacial score (nSPS) is 15.2. The van der Waals surface area contributed by atoms with E-state index >= 15 is 4.39 Å². The molecular weight excluding hydrogens is 450 g/mol. The largest absolute Gasteiger partial charge is 0.494 e. The Morgan fingerprint density at radius 3 is 2.44 bits per heavy atom. The van der Waals surface area contributed by atoms with Gasteiger partial charge in [-0.25, -0.2) is 18.6 Å². The zero-order valence-electron chi connectivity index (χ0n) is 18.6. The molecule has 3 heterocycles. The van der Waals surface area contributed by atoms with Gasteiger partial charge in [-0.05, 0) is 36.6 Å². The molecule has 1 amide bonds. The van der Waals surface area contributed by atoms with E-state index in [9.17, 15) is 18.8 Å². The number of hydrogen-bond acceptors (Lipinski definition) is 7. The molecule has 0 radical (unpaired) electrons. The number of ether oxygens (including phenoxy) is 2. The Morgan fingerprint density at radius 1 is 1.15 bits per heavy atom. The quantitative estimate of drug-likeness (QED) is 0.308. The highest BCUT2D eigenvalue weighted by Gasteiger charge is 2.37. The van der Waals surface area contributed by atoms with Gasteiger partial charge in [0, 0.05) is 24.9 Å². The number of Topliss-reactive ketones (excluding diaryl/α,β-unsaturated/α-hetero) is 1. The van der Waals surface area contributed by atoms with Crippen LogP contribution >= 0.6 is 0 Å². The van der Waals surface area contributed by atoms with Crippen molar-refractivity contribution in [2.75, 3.05) is 27.3 Å². The molecule has 1 fully saturated rings. The third-order valence-corrected chi connectivity index (χ3v) is 5.92. The van der Waals surface area contributed by atoms with Crippen LogP contribution in [0.4, 0.5) is 8.78 Å². The summed E-state index contributed by atoms with van der Waals surface area (Å²) in [5.74, 6) is -3.24. The van der Waals surface area contributed by atoms with Gasteiger partial charge in [-0.15, -0.1) is 0 Å². The first-order valence-corrected chi connectivity index (χ1v) is 10.6. The van der Waals surface area contributed by atoms with E-state index < -0.39 is 23.3 Å². The molecule has 34 heavy (non-hydrogen) atoms. The van der Waals surface area contributed by atoms with Crippen LogP contribution in [0.5, 0.6) is 5.75 Å². The van der Waals surface area contributed by atoms with Crippen molar-refractivity contribution in [1.29, 1.82) is 0 Å². The SMILES string of the molecule is COC(=O)C(=O)c1occ2cc(OC)c(C(=O)N3CCC(F)(Cc4ccc(F)cc4)CC3)nc12. The minimum Gasteiger partial charge on any atom is -0.494 e. The summed E-state index contributed by atoms with van der Waals surface area (Å²) in [4.78, 5) is 42.8. The highest BCUT2D eigenvalue weighted by molar-refractivity contribution is 6.41. The molecule has 4 rings (SSSR count). The summed E-state index contributed by atoms with van der Waals surface area (Å²) < 4.78 is 43.5. The number of carbonyl (C=O) groups is 3. The fourth-order valence-corrected chi connectivity index (χ4v) is 4.02. The number of hydrogen-bond donors (Lipinski definition) is 0. The van der Waals surface area contributed by atoms with Gasteiger partial charge in [0.15, 0.2) is 11.4 Å². The van der Waals surface area contributed by atoms with E-state index in [4.69, 9.17) is 9.15 Å². The Labute approximate surface area is 193 Å². The highest BCUT2D eigenvalue weighted by Crippen LogP contribution is 2.33. The molecule has 1 saturated heterocycles. The minimum absolute atomic E-state index is 0.0210. The second kappa shape index (κ2) is 9.20. The third-order valence-electron chi connectivity index (χ3n) is 5.92. The van der Waals surface area contributed by atoms with Crippen LogP contribution in [0, 0.1) is 5.82 Å². The molecule has 0 N–H and O–H groups in total. The fraction of sp³-hybridized carbons (Fsp3) is 0.333. The van der Waals surface area contributed by atoms with Crippen LogP contribution in [0.25, 0.3) is 10.9 Å². The molecule has 0 atom stereocenters. The molecule has 0 saturated carbocycles. The van der Waals surface area contributed by atoms with E-state index in [1.165, 1.54) is 36.5 Å². The molecule has 3 aromatic rings. The van der Waals surface area contributed by atoms with Crippen molar-refractivity contribution in [2.45, 2.75) is 24.9 Å². The smallest absolute Gasteiger partial charge is 0.382 e. The van der Waals surface area contributed by atoms with Gasteiger partial charge in [-0.2, -0.15) is 0 Å². The first kappa shape index (κ1) is 23.3. The van der Waals surface area contributed by atoms with Crippen molar-refractivity contribution in [3.63, 3.8) is 0 Å². The second-order valence-corrected chi connectivity index (χ2v) is 8.11. The summed E-state index contributed by atoms with van der Waals surface area (Å²) >= 11 is 0. The molecule has 1 aromatic carbocycles. The lowest BCUT2D eigenvalue weighted by Crippen LogP contribution is -2.45. The number of nitrogens with zero attached hydrogens (tertiary/aromatic N) is 2. The van der Waals surface area contributed by atoms with E-state index in [2.05, 4.69) is 9.72 Å². The molecule has 8 nitrogen and oxygen atoms in total. The molecule has 0 spiro atoms. The number of furan rings is 1. The predicted octanol–water partition coefficient (Wildman–Crippen LogP) is 3.52. The van der Waals surface area contributed by atoms with E-state index in [-0.39, 0.29) is 60.9 Å². The number of carbonyl (C=O) groups excluding carboxylic acids is 3. The number of likely N-dealkylation sites (tertiary alicyclic amines) is 1. The number of fused-ring (bicyclic) bond motifs is 1. The monoisotopic (exact) mass is 472 g/mol. The Morgan fingerprint density at radius 2 is 1.82 bits per heavy atom. The van der Waals surface area contributed by atoms with Crippen LogP contribution in [0.3, 0.4) is 0 Å². The van der Waals surface area contributed by atoms with Gasteiger partial charge < -0.3 is 18.8 Å². The van der Waals surface area contributed by atoms with Gasteiger partial charge in [0.1, 0.15) is 23.3 Å². The second-order valence-electron chi connectivity index (χ2n) is 8.11. The number of alkyl halides is 1. The maximum atomic E-state index is 15.4. The number of esters is 1. The molecule has 0 unspecified atom stereocenters. The Kier molecular flexibility index (Phi) is 6.32. The van der Waals surface area contributed by atoms with Crippen molar-refractivity contribution in [3.05, 3.63) is 59.4 Å². The molecule has 1 aliphatic heterocycles. The average Bonchev–Trinajstić information content (AvgIpc) is 3.26. The number of amides is 1. The van der Waals surface area contributed by atoms with Crippen molar-refractivity contribution in [2.24, 2.45) is 0 Å². The average molecular weight is 472 g/mol. The molecule has 1 aliphatic rings. The van der Waals surface area contributed by atoms with Gasteiger partial charge in [0.2, 0.25) is 5.76 Å². The minimum atomic E-state index is -1.53. The van der Waals surface area contributed by atoms with Gasteiger partial charge in [-0.1, -0.05) is 12.1 Å². The summed E-state index contributed by atoms with van der Waals surface area (Å²) in [6, 6.07) is 7.17. The van der Waals surface area contributed by atoms with E-state index in [0.29, 0.717) is 10.9 Å². The lowest BCUT2D eigenvalue weighted by atomic mass is 9.87. The van der Waals surface area contributed by atoms with Gasteiger partial charge in [0.05, 0.1) is 14.2 Å². The molecule has 10 heteroatoms. The maximum absolute atomic E-state index is 15.4. The summed E-state index contributed by atoms with van der Waals surface area (Å²) in [5.41, 5.74) is -0.908. The number of halogens is 2. The van der Waals surface area contributed by atoms with Crippen LogP contribution in [-0.4, -0.2) is 60.5 Å². The Hall–Kier alpha value is -3.82. The fourth-order valence-electron chi connectivity index (χ4n) is 4.02. The van der Waals surface area contributed by atoms with Crippen molar-refractivity contribution in [1.82, 2.24) is 9.88 Å². The lowest BCUT2D eigenvalue weighted by molar-refractivity contribution is -0.135. The number of aromatic nitrogens is 1. The van der Waals surface area contributed by atoms with E-state index in [1.807, 2.05) is 0 Å². The van der Waals surface area contributed by atoms with Crippen molar-refractivity contribution >= 4 is 28.6 Å². The topological polar surface area (TPSA) is 98.9 Å². The van der Waals surface area contributed by atoms with Crippen LogP contribution in [0.2, 0.25) is 0 Å². The summed E-state index contributed by atoms with van der Waals surface area (Å²) in [5, 5.41) is 0.362. The van der Waals surface area contributed by atoms with Gasteiger partial charge >= 0.3 is 11.8 Å². The number of benzene rings is 1. The number of methoxy groups -OCH3 is 2. The zero-order chi connectivity index (χ0) is 24.5. The van der Waals surface area contributed by atoms with Crippen LogP contribution < -0.4 is 4.74 Å². The summed E-state index contributed by atoms with van der Waals surface area (Å²) in [6.07, 6.45) is 1.54. The summed E-state index contributed by atoms with van der Waals surface area (Å²) in [6.45, 7) is 0.275. The number of piperidine rings is 1. The zero-order valence-corrected chi connectivity index (χ0v) is 18.6. The molecule has 0 bridgehead atoms. The van der Waals surface area contributed by atoms with E-state index in [0.717, 1.165) is 7.11 Å². The van der Waals surface area contributed by atoms with Crippen LogP contribution in [0.15, 0.2) is 41.0 Å². The van der Waals surface area contributed by atoms with Crippen LogP contribution in [0.1, 0.15) is 39.4 Å². The maximum Gasteiger partial charge on any atom is 0.382 e. The molecule has 0 aliphatic carbocycles. The van der Waals surface area contributed by atoms with E-state index in [1.54, 1.807) is 12.1 Å². The first-order valence-electron chi connectivity index (χ1n) is 10.6. The third kappa shape index (κ3) is 4.48. The summed E-state index contributed by atoms with van der Waals surface area (Å²) in [7, 11) is 2.43. The van der Waals surface area contributed by atoms with Gasteiger partial charge in [-0.3, -0.25) is 9.59 Å². The number of rotatable bonds is 6. The number of pyridine rings is 1.